The maximum Gasteiger partial charge on any atom is 0.416 e. The van der Waals surface area contributed by atoms with Crippen molar-refractivity contribution in [2.24, 2.45) is 0 Å². The molecule has 0 aliphatic rings. The second-order valence-corrected chi connectivity index (χ2v) is 4.52. The molecule has 0 fully saturated rings. The molecule has 1 atom stereocenters. The van der Waals surface area contributed by atoms with Crippen LogP contribution in [0.2, 0.25) is 0 Å². The lowest BCUT2D eigenvalue weighted by atomic mass is 9.96. The van der Waals surface area contributed by atoms with Crippen molar-refractivity contribution in [3.63, 3.8) is 0 Å². The van der Waals surface area contributed by atoms with Gasteiger partial charge < -0.3 is 5.11 Å². The molecule has 0 aromatic heterocycles. The van der Waals surface area contributed by atoms with Crippen molar-refractivity contribution in [3.8, 4) is 0 Å². The zero-order valence-electron chi connectivity index (χ0n) is 10.6. The standard InChI is InChI=1S/C15H12F4O/c1-9-8-11(15(17,18)19)4-7-13(9)14(20)10-2-5-12(16)6-3-10/h2-8,14,20H,1H3. The number of alkyl halides is 3. The quantitative estimate of drug-likeness (QED) is 0.818. The Kier molecular flexibility index (Phi) is 3.81. The first-order valence-electron chi connectivity index (χ1n) is 5.90. The topological polar surface area (TPSA) is 20.2 Å². The molecule has 0 bridgehead atoms. The minimum atomic E-state index is -4.41. The Hall–Kier alpha value is -1.88. The third-order valence-corrected chi connectivity index (χ3v) is 3.08. The number of hydrogen-bond acceptors (Lipinski definition) is 1. The van der Waals surface area contributed by atoms with Crippen LogP contribution in [0.3, 0.4) is 0 Å². The van der Waals surface area contributed by atoms with Crippen LogP contribution in [0.25, 0.3) is 0 Å². The smallest absolute Gasteiger partial charge is 0.384 e. The van der Waals surface area contributed by atoms with Crippen molar-refractivity contribution in [1.29, 1.82) is 0 Å². The lowest BCUT2D eigenvalue weighted by Crippen LogP contribution is -2.08. The lowest BCUT2D eigenvalue weighted by molar-refractivity contribution is -0.137. The van der Waals surface area contributed by atoms with Crippen molar-refractivity contribution in [3.05, 3.63) is 70.5 Å². The van der Waals surface area contributed by atoms with Crippen molar-refractivity contribution >= 4 is 0 Å². The molecule has 0 heterocycles. The van der Waals surface area contributed by atoms with E-state index in [0.717, 1.165) is 12.1 Å². The molecule has 2 aromatic carbocycles. The highest BCUT2D eigenvalue weighted by Gasteiger charge is 2.31. The molecule has 2 rings (SSSR count). The lowest BCUT2D eigenvalue weighted by Gasteiger charge is -2.16. The summed E-state index contributed by atoms with van der Waals surface area (Å²) in [6.07, 6.45) is -5.50. The van der Waals surface area contributed by atoms with Gasteiger partial charge in [0.1, 0.15) is 11.9 Å². The van der Waals surface area contributed by atoms with E-state index in [4.69, 9.17) is 0 Å². The van der Waals surface area contributed by atoms with Gasteiger partial charge in [0.05, 0.1) is 5.56 Å². The summed E-state index contributed by atoms with van der Waals surface area (Å²) < 4.78 is 50.5. The molecule has 1 unspecified atom stereocenters. The van der Waals surface area contributed by atoms with Gasteiger partial charge in [0.15, 0.2) is 0 Å². The fourth-order valence-corrected chi connectivity index (χ4v) is 1.98. The number of hydrogen-bond donors (Lipinski definition) is 1. The fraction of sp³-hybridized carbons (Fsp3) is 0.200. The number of rotatable bonds is 2. The van der Waals surface area contributed by atoms with Gasteiger partial charge in [-0.05, 0) is 47.9 Å². The molecule has 0 aliphatic heterocycles. The van der Waals surface area contributed by atoms with Gasteiger partial charge in [-0.1, -0.05) is 18.2 Å². The highest BCUT2D eigenvalue weighted by Crippen LogP contribution is 2.33. The first-order chi connectivity index (χ1) is 9.29. The molecule has 0 spiro atoms. The Morgan fingerprint density at radius 1 is 1.00 bits per heavy atom. The van der Waals surface area contributed by atoms with Gasteiger partial charge >= 0.3 is 6.18 Å². The monoisotopic (exact) mass is 284 g/mol. The SMILES string of the molecule is Cc1cc(C(F)(F)F)ccc1C(O)c1ccc(F)cc1. The van der Waals surface area contributed by atoms with Crippen molar-refractivity contribution < 1.29 is 22.7 Å². The summed E-state index contributed by atoms with van der Waals surface area (Å²) in [5.41, 5.74) is 0.362. The average Bonchev–Trinajstić information content (AvgIpc) is 2.37. The van der Waals surface area contributed by atoms with Gasteiger partial charge in [-0.25, -0.2) is 4.39 Å². The van der Waals surface area contributed by atoms with Gasteiger partial charge in [0, 0.05) is 0 Å². The first kappa shape index (κ1) is 14.5. The van der Waals surface area contributed by atoms with Crippen LogP contribution in [0, 0.1) is 12.7 Å². The van der Waals surface area contributed by atoms with E-state index in [9.17, 15) is 22.7 Å². The fourth-order valence-electron chi connectivity index (χ4n) is 1.98. The summed E-state index contributed by atoms with van der Waals surface area (Å²) >= 11 is 0. The maximum absolute atomic E-state index is 12.8. The second-order valence-electron chi connectivity index (χ2n) is 4.52. The number of benzene rings is 2. The largest absolute Gasteiger partial charge is 0.416 e. The minimum absolute atomic E-state index is 0.330. The molecule has 1 N–H and O–H groups in total. The van der Waals surface area contributed by atoms with E-state index >= 15 is 0 Å². The molecule has 0 saturated heterocycles. The van der Waals surface area contributed by atoms with Crippen LogP contribution in [0.4, 0.5) is 17.6 Å². The van der Waals surface area contributed by atoms with Crippen molar-refractivity contribution in [1.82, 2.24) is 0 Å². The van der Waals surface area contributed by atoms with E-state index < -0.39 is 23.7 Å². The van der Waals surface area contributed by atoms with E-state index in [0.29, 0.717) is 16.7 Å². The van der Waals surface area contributed by atoms with Crippen LogP contribution in [0.15, 0.2) is 42.5 Å². The number of aliphatic hydroxyl groups excluding tert-OH is 1. The molecule has 0 amide bonds. The Labute approximate surface area is 113 Å². The molecule has 106 valence electrons. The molecule has 20 heavy (non-hydrogen) atoms. The van der Waals surface area contributed by atoms with E-state index in [-0.39, 0.29) is 0 Å². The molecular formula is C15H12F4O. The summed E-state index contributed by atoms with van der Waals surface area (Å²) in [6, 6.07) is 8.34. The van der Waals surface area contributed by atoms with E-state index in [2.05, 4.69) is 0 Å². The highest BCUT2D eigenvalue weighted by molar-refractivity contribution is 5.38. The molecule has 2 aromatic rings. The van der Waals surface area contributed by atoms with Gasteiger partial charge in [0.25, 0.3) is 0 Å². The predicted octanol–water partition coefficient (Wildman–Crippen LogP) is 4.23. The molecule has 0 saturated carbocycles. The summed E-state index contributed by atoms with van der Waals surface area (Å²) in [5.74, 6) is -0.440. The summed E-state index contributed by atoms with van der Waals surface area (Å²) in [5, 5.41) is 10.2. The van der Waals surface area contributed by atoms with Gasteiger partial charge in [0.2, 0.25) is 0 Å². The normalized spacial score (nSPS) is 13.3. The van der Waals surface area contributed by atoms with Crippen LogP contribution in [-0.4, -0.2) is 5.11 Å². The van der Waals surface area contributed by atoms with Crippen LogP contribution in [0.5, 0.6) is 0 Å². The van der Waals surface area contributed by atoms with E-state index in [1.165, 1.54) is 37.3 Å². The molecule has 0 aliphatic carbocycles. The first-order valence-corrected chi connectivity index (χ1v) is 5.90. The average molecular weight is 284 g/mol. The molecule has 5 heteroatoms. The Morgan fingerprint density at radius 2 is 1.60 bits per heavy atom. The van der Waals surface area contributed by atoms with Gasteiger partial charge in [-0.15, -0.1) is 0 Å². The Balaban J connectivity index is 2.36. The molecular weight excluding hydrogens is 272 g/mol. The van der Waals surface area contributed by atoms with E-state index in [1.807, 2.05) is 0 Å². The Morgan fingerprint density at radius 3 is 2.10 bits per heavy atom. The summed E-state index contributed by atoms with van der Waals surface area (Å²) in [6.45, 7) is 1.50. The summed E-state index contributed by atoms with van der Waals surface area (Å²) in [4.78, 5) is 0. The summed E-state index contributed by atoms with van der Waals surface area (Å²) in [7, 11) is 0. The van der Waals surface area contributed by atoms with Crippen LogP contribution in [0.1, 0.15) is 28.4 Å². The Bertz CT molecular complexity index is 602. The predicted molar refractivity (Wildman–Crippen MR) is 66.6 cm³/mol. The van der Waals surface area contributed by atoms with Crippen molar-refractivity contribution in [2.75, 3.05) is 0 Å². The number of aryl methyl sites for hydroxylation is 1. The van der Waals surface area contributed by atoms with Crippen LogP contribution >= 0.6 is 0 Å². The van der Waals surface area contributed by atoms with Crippen LogP contribution < -0.4 is 0 Å². The number of aliphatic hydroxyl groups is 1. The molecule has 1 nitrogen and oxygen atoms in total. The minimum Gasteiger partial charge on any atom is -0.384 e. The third-order valence-electron chi connectivity index (χ3n) is 3.08. The van der Waals surface area contributed by atoms with Gasteiger partial charge in [-0.2, -0.15) is 13.2 Å². The zero-order chi connectivity index (χ0) is 14.9. The van der Waals surface area contributed by atoms with Gasteiger partial charge in [-0.3, -0.25) is 0 Å². The highest BCUT2D eigenvalue weighted by atomic mass is 19.4. The second kappa shape index (κ2) is 5.25. The van der Waals surface area contributed by atoms with E-state index in [1.54, 1.807) is 0 Å². The maximum atomic E-state index is 12.8. The van der Waals surface area contributed by atoms with Crippen LogP contribution in [-0.2, 0) is 6.18 Å². The van der Waals surface area contributed by atoms with Crippen molar-refractivity contribution in [2.45, 2.75) is 19.2 Å². The number of halogens is 4. The molecule has 0 radical (unpaired) electrons. The third kappa shape index (κ3) is 2.99. The zero-order valence-corrected chi connectivity index (χ0v) is 10.6.